The van der Waals surface area contributed by atoms with Crippen molar-refractivity contribution < 1.29 is 50.2 Å². The van der Waals surface area contributed by atoms with Crippen molar-refractivity contribution in [3.8, 4) is 0 Å². The molecule has 0 bridgehead atoms. The highest BCUT2D eigenvalue weighted by molar-refractivity contribution is 7.53. The van der Waals surface area contributed by atoms with Crippen LogP contribution in [0, 0.1) is 0 Å². The highest BCUT2D eigenvalue weighted by Crippen LogP contribution is 2.59. The van der Waals surface area contributed by atoms with E-state index >= 15 is 0 Å². The predicted octanol–water partition coefficient (Wildman–Crippen LogP) is 2.76. The van der Waals surface area contributed by atoms with Gasteiger partial charge in [-0.15, -0.1) is 0 Å². The highest BCUT2D eigenvalue weighted by atomic mass is 31.2. The zero-order valence-electron chi connectivity index (χ0n) is 10.7. The number of rotatable bonds is 6. The van der Waals surface area contributed by atoms with Gasteiger partial charge in [0.25, 0.3) is 0 Å². The van der Waals surface area contributed by atoms with E-state index in [1.165, 1.54) is 0 Å². The Kier molecular flexibility index (Phi) is 6.28. The number of carbonyl (C=O) groups excluding carboxylic acids is 1. The van der Waals surface area contributed by atoms with E-state index in [2.05, 4.69) is 4.74 Å². The Labute approximate surface area is 115 Å². The predicted molar refractivity (Wildman–Crippen MR) is 57.4 cm³/mol. The van der Waals surface area contributed by atoms with Crippen molar-refractivity contribution in [2.75, 3.05) is 6.61 Å². The summed E-state index contributed by atoms with van der Waals surface area (Å²) in [6.07, 6.45) is -14.2. The average Bonchev–Trinajstić information content (AvgIpc) is 2.21. The van der Waals surface area contributed by atoms with Gasteiger partial charge in [-0.3, -0.25) is 9.36 Å². The van der Waals surface area contributed by atoms with Crippen molar-refractivity contribution in [3.63, 3.8) is 0 Å². The van der Waals surface area contributed by atoms with Crippen LogP contribution in [-0.4, -0.2) is 39.9 Å². The van der Waals surface area contributed by atoms with Crippen molar-refractivity contribution in [2.24, 2.45) is 0 Å². The smallest absolute Gasteiger partial charge is 0.422 e. The zero-order valence-corrected chi connectivity index (χ0v) is 11.6. The number of hydrogen-bond acceptors (Lipinski definition) is 3. The third-order valence-corrected chi connectivity index (χ3v) is 4.54. The molecule has 21 heavy (non-hydrogen) atoms. The first-order chi connectivity index (χ1) is 9.12. The van der Waals surface area contributed by atoms with Gasteiger partial charge in [-0.1, -0.05) is 6.92 Å². The van der Waals surface area contributed by atoms with E-state index < -0.39 is 56.9 Å². The van der Waals surface area contributed by atoms with Gasteiger partial charge in [0.1, 0.15) is 0 Å². The number of halogens is 6. The maximum absolute atomic E-state index is 12.4. The molecule has 0 saturated carbocycles. The molecule has 0 saturated heterocycles. The Morgan fingerprint density at radius 3 is 1.86 bits per heavy atom. The Morgan fingerprint density at radius 1 is 1.10 bits per heavy atom. The molecule has 0 radical (unpaired) electrons. The lowest BCUT2D eigenvalue weighted by Crippen LogP contribution is -2.37. The minimum Gasteiger partial charge on any atom is -0.456 e. The van der Waals surface area contributed by atoms with E-state index in [1.54, 1.807) is 0 Å². The minimum absolute atomic E-state index is 0.766. The molecule has 0 rings (SSSR count). The topological polar surface area (TPSA) is 83.8 Å². The molecule has 0 aliphatic heterocycles. The van der Waals surface area contributed by atoms with E-state index in [0.29, 0.717) is 0 Å². The molecule has 1 atom stereocenters. The summed E-state index contributed by atoms with van der Waals surface area (Å²) in [5, 5.41) is -2.84. The Morgan fingerprint density at radius 2 is 1.57 bits per heavy atom. The fourth-order valence-electron chi connectivity index (χ4n) is 1.58. The summed E-state index contributed by atoms with van der Waals surface area (Å²) in [5.41, 5.74) is 0. The number of esters is 1. The molecule has 0 aromatic carbocycles. The largest absolute Gasteiger partial charge is 0.456 e. The van der Waals surface area contributed by atoms with Gasteiger partial charge in [0.05, 0.1) is 18.0 Å². The van der Waals surface area contributed by atoms with Gasteiger partial charge in [0.15, 0.2) is 6.61 Å². The molecule has 126 valence electrons. The molecule has 0 aromatic rings. The standard InChI is InChI=1S/C9H13F6O5P/c1-2-7(21(17,18)19,4-8(10,11)12)3-6(16)20-5-9(13,14)15/h2-5H2,1H3,(H2,17,18,19). The second-order valence-corrected chi connectivity index (χ2v) is 6.40. The highest BCUT2D eigenvalue weighted by Gasteiger charge is 2.54. The molecule has 1 unspecified atom stereocenters. The van der Waals surface area contributed by atoms with E-state index in [-0.39, 0.29) is 0 Å². The summed E-state index contributed by atoms with van der Waals surface area (Å²) < 4.78 is 87.7. The number of alkyl halides is 6. The average molecular weight is 346 g/mol. The molecule has 0 fully saturated rings. The molecule has 0 aromatic heterocycles. The van der Waals surface area contributed by atoms with Crippen molar-refractivity contribution in [2.45, 2.75) is 43.7 Å². The number of carbonyl (C=O) groups is 1. The normalized spacial score (nSPS) is 16.4. The van der Waals surface area contributed by atoms with Crippen LogP contribution in [0.15, 0.2) is 0 Å². The Balaban J connectivity index is 5.17. The quantitative estimate of drug-likeness (QED) is 0.439. The maximum Gasteiger partial charge on any atom is 0.422 e. The fourth-order valence-corrected chi connectivity index (χ4v) is 2.71. The molecular weight excluding hydrogens is 333 g/mol. The molecule has 12 heteroatoms. The summed E-state index contributed by atoms with van der Waals surface area (Å²) in [7, 11) is -5.42. The number of hydrogen-bond donors (Lipinski definition) is 2. The van der Waals surface area contributed by atoms with Crippen molar-refractivity contribution in [3.05, 3.63) is 0 Å². The van der Waals surface area contributed by atoms with Crippen LogP contribution in [0.4, 0.5) is 26.3 Å². The summed E-state index contributed by atoms with van der Waals surface area (Å²) in [4.78, 5) is 29.3. The first-order valence-corrected chi connectivity index (χ1v) is 7.08. The zero-order chi connectivity index (χ0) is 17.1. The second-order valence-electron chi connectivity index (χ2n) is 4.37. The van der Waals surface area contributed by atoms with Crippen LogP contribution in [-0.2, 0) is 14.1 Å². The molecule has 2 N–H and O–H groups in total. The van der Waals surface area contributed by atoms with Crippen LogP contribution in [0.5, 0.6) is 0 Å². The van der Waals surface area contributed by atoms with Crippen molar-refractivity contribution >= 4 is 13.6 Å². The molecular formula is C9H13F6O5P. The Bertz CT molecular complexity index is 414. The van der Waals surface area contributed by atoms with Crippen LogP contribution in [0.25, 0.3) is 0 Å². The van der Waals surface area contributed by atoms with Crippen LogP contribution < -0.4 is 0 Å². The van der Waals surface area contributed by atoms with Crippen molar-refractivity contribution in [1.82, 2.24) is 0 Å². The molecule has 0 spiro atoms. The van der Waals surface area contributed by atoms with Crippen LogP contribution in [0.1, 0.15) is 26.2 Å². The van der Waals surface area contributed by atoms with Gasteiger partial charge in [-0.25, -0.2) is 0 Å². The van der Waals surface area contributed by atoms with Crippen LogP contribution in [0.3, 0.4) is 0 Å². The van der Waals surface area contributed by atoms with Crippen LogP contribution in [0.2, 0.25) is 0 Å². The monoisotopic (exact) mass is 346 g/mol. The van der Waals surface area contributed by atoms with Crippen LogP contribution >= 0.6 is 7.60 Å². The minimum atomic E-state index is -5.42. The SMILES string of the molecule is CCC(CC(=O)OCC(F)(F)F)(CC(F)(F)F)P(=O)(O)O. The van der Waals surface area contributed by atoms with E-state index in [0.717, 1.165) is 6.92 Å². The molecule has 5 nitrogen and oxygen atoms in total. The van der Waals surface area contributed by atoms with Crippen molar-refractivity contribution in [1.29, 1.82) is 0 Å². The second kappa shape index (κ2) is 6.53. The van der Waals surface area contributed by atoms with Gasteiger partial charge in [-0.2, -0.15) is 26.3 Å². The van der Waals surface area contributed by atoms with Gasteiger partial charge in [0.2, 0.25) is 0 Å². The van der Waals surface area contributed by atoms with Gasteiger partial charge in [0, 0.05) is 0 Å². The van der Waals surface area contributed by atoms with E-state index in [9.17, 15) is 35.7 Å². The first kappa shape index (κ1) is 20.2. The Hall–Kier alpha value is -0.800. The number of ether oxygens (including phenoxy) is 1. The molecule has 0 heterocycles. The third kappa shape index (κ3) is 7.14. The first-order valence-electron chi connectivity index (χ1n) is 5.47. The summed E-state index contributed by atoms with van der Waals surface area (Å²) in [5.74, 6) is -1.76. The lowest BCUT2D eigenvalue weighted by molar-refractivity contribution is -0.188. The van der Waals surface area contributed by atoms with Gasteiger partial charge >= 0.3 is 25.9 Å². The van der Waals surface area contributed by atoms with E-state index in [4.69, 9.17) is 9.79 Å². The summed E-state index contributed by atoms with van der Waals surface area (Å²) in [6.45, 7) is -1.05. The fraction of sp³-hybridized carbons (Fsp3) is 0.889. The maximum atomic E-state index is 12.4. The van der Waals surface area contributed by atoms with E-state index in [1.807, 2.05) is 0 Å². The molecule has 0 amide bonds. The molecule has 0 aliphatic rings. The molecule has 0 aliphatic carbocycles. The third-order valence-electron chi connectivity index (χ3n) is 2.68. The summed E-state index contributed by atoms with van der Waals surface area (Å²) in [6, 6.07) is 0. The lowest BCUT2D eigenvalue weighted by Gasteiger charge is -2.33. The lowest BCUT2D eigenvalue weighted by atomic mass is 9.97. The summed E-state index contributed by atoms with van der Waals surface area (Å²) >= 11 is 0. The van der Waals surface area contributed by atoms with Gasteiger partial charge < -0.3 is 14.5 Å². The van der Waals surface area contributed by atoms with Gasteiger partial charge in [-0.05, 0) is 6.42 Å².